The topological polar surface area (TPSA) is 141 Å². The standard InChI is InChI=1S/C33H30BrN3O9S/c1-5-44-25-12-9-21(16-26(25)45-6-2)29-23(32(39)43-4)17-35-33-36(29)31(38)28(47-33)15-20-13-24(34)30(27(14-20)42-3)46-18-19-7-10-22(11-8-19)37(40)41/h7-17,29H,5-6,18H2,1-4H3/b28-15-/t29-/m0/s1. The highest BCUT2D eigenvalue weighted by atomic mass is 79.9. The van der Waals surface area contributed by atoms with Gasteiger partial charge in [-0.15, -0.1) is 0 Å². The predicted molar refractivity (Wildman–Crippen MR) is 178 cm³/mol. The third kappa shape index (κ3) is 7.08. The first-order chi connectivity index (χ1) is 22.7. The van der Waals surface area contributed by atoms with Gasteiger partial charge in [-0.3, -0.25) is 19.5 Å². The van der Waals surface area contributed by atoms with Crippen molar-refractivity contribution in [3.05, 3.63) is 117 Å². The van der Waals surface area contributed by atoms with Crippen LogP contribution in [0.3, 0.4) is 0 Å². The molecule has 14 heteroatoms. The van der Waals surface area contributed by atoms with E-state index in [-0.39, 0.29) is 23.4 Å². The number of methoxy groups -OCH3 is 2. The second-order valence-corrected chi connectivity index (χ2v) is 11.9. The summed E-state index contributed by atoms with van der Waals surface area (Å²) in [5.74, 6) is 1.26. The van der Waals surface area contributed by atoms with Crippen LogP contribution < -0.4 is 33.8 Å². The van der Waals surface area contributed by atoms with Crippen molar-refractivity contribution in [3.63, 3.8) is 0 Å². The maximum absolute atomic E-state index is 14.0. The zero-order valence-electron chi connectivity index (χ0n) is 25.9. The lowest BCUT2D eigenvalue weighted by Gasteiger charge is -2.23. The highest BCUT2D eigenvalue weighted by molar-refractivity contribution is 9.10. The summed E-state index contributed by atoms with van der Waals surface area (Å²) in [4.78, 5) is 42.2. The van der Waals surface area contributed by atoms with Crippen molar-refractivity contribution in [1.29, 1.82) is 0 Å². The van der Waals surface area contributed by atoms with Crippen LogP contribution in [0.15, 0.2) is 80.6 Å². The molecule has 0 fully saturated rings. The number of hydrogen-bond donors (Lipinski definition) is 0. The molecule has 2 heterocycles. The van der Waals surface area contributed by atoms with Gasteiger partial charge in [-0.2, -0.15) is 0 Å². The first-order valence-electron chi connectivity index (χ1n) is 14.4. The van der Waals surface area contributed by atoms with Crippen LogP contribution in [0.5, 0.6) is 23.0 Å². The van der Waals surface area contributed by atoms with E-state index in [4.69, 9.17) is 23.7 Å². The summed E-state index contributed by atoms with van der Waals surface area (Å²) in [6, 6.07) is 14.1. The molecule has 0 saturated carbocycles. The van der Waals surface area contributed by atoms with Crippen LogP contribution in [-0.4, -0.2) is 42.9 Å². The largest absolute Gasteiger partial charge is 0.493 e. The van der Waals surface area contributed by atoms with E-state index >= 15 is 0 Å². The van der Waals surface area contributed by atoms with Gasteiger partial charge in [-0.25, -0.2) is 9.79 Å². The van der Waals surface area contributed by atoms with Gasteiger partial charge < -0.3 is 23.7 Å². The lowest BCUT2D eigenvalue weighted by atomic mass is 9.97. The number of carbonyl (C=O) groups is 1. The van der Waals surface area contributed by atoms with Crippen molar-refractivity contribution in [3.8, 4) is 23.0 Å². The number of nitro benzene ring substituents is 1. The molecule has 3 aromatic carbocycles. The molecule has 0 radical (unpaired) electrons. The number of hydrogen-bond acceptors (Lipinski definition) is 11. The second kappa shape index (κ2) is 14.6. The van der Waals surface area contributed by atoms with Crippen LogP contribution in [0.25, 0.3) is 6.08 Å². The Hall–Kier alpha value is -4.95. The molecule has 12 nitrogen and oxygen atoms in total. The van der Waals surface area contributed by atoms with Crippen molar-refractivity contribution in [2.75, 3.05) is 27.4 Å². The summed E-state index contributed by atoms with van der Waals surface area (Å²) in [6.07, 6.45) is 3.14. The van der Waals surface area contributed by atoms with Gasteiger partial charge in [-0.05, 0) is 88.9 Å². The second-order valence-electron chi connectivity index (χ2n) is 9.99. The Kier molecular flexibility index (Phi) is 10.4. The van der Waals surface area contributed by atoms with E-state index in [2.05, 4.69) is 20.9 Å². The van der Waals surface area contributed by atoms with Gasteiger partial charge >= 0.3 is 5.97 Å². The third-order valence-electron chi connectivity index (χ3n) is 7.09. The normalized spacial score (nSPS) is 14.0. The number of nitro groups is 1. The number of halogens is 1. The number of nitrogens with zero attached hydrogens (tertiary/aromatic N) is 3. The Morgan fingerprint density at radius 3 is 2.40 bits per heavy atom. The van der Waals surface area contributed by atoms with Crippen LogP contribution in [0.1, 0.15) is 36.6 Å². The van der Waals surface area contributed by atoms with E-state index in [0.29, 0.717) is 61.1 Å². The summed E-state index contributed by atoms with van der Waals surface area (Å²) in [5, 5.41) is 11.0. The molecule has 0 bridgehead atoms. The quantitative estimate of drug-likeness (QED) is 0.111. The van der Waals surface area contributed by atoms with E-state index < -0.39 is 16.9 Å². The number of benzene rings is 3. The number of rotatable bonds is 12. The number of non-ortho nitro benzene ring substituents is 1. The summed E-state index contributed by atoms with van der Waals surface area (Å²) in [6.45, 7) is 4.71. The number of aromatic nitrogens is 1. The lowest BCUT2D eigenvalue weighted by Crippen LogP contribution is -2.39. The molecule has 0 amide bonds. The Balaban J connectivity index is 1.53. The summed E-state index contributed by atoms with van der Waals surface area (Å²) in [7, 11) is 2.78. The van der Waals surface area contributed by atoms with Crippen LogP contribution in [0, 0.1) is 10.1 Å². The summed E-state index contributed by atoms with van der Waals surface area (Å²) in [5.41, 5.74) is 1.83. The Labute approximate surface area is 281 Å². The van der Waals surface area contributed by atoms with Crippen LogP contribution >= 0.6 is 27.3 Å². The average Bonchev–Trinajstić information content (AvgIpc) is 3.38. The Morgan fingerprint density at radius 1 is 1.02 bits per heavy atom. The molecule has 0 spiro atoms. The maximum Gasteiger partial charge on any atom is 0.337 e. The van der Waals surface area contributed by atoms with Crippen LogP contribution in [0.4, 0.5) is 5.69 Å². The van der Waals surface area contributed by atoms with Gasteiger partial charge in [0.2, 0.25) is 0 Å². The molecule has 0 N–H and O–H groups in total. The highest BCUT2D eigenvalue weighted by Crippen LogP contribution is 2.38. The van der Waals surface area contributed by atoms with Gasteiger partial charge in [0.25, 0.3) is 11.2 Å². The van der Waals surface area contributed by atoms with Crippen LogP contribution in [-0.2, 0) is 16.1 Å². The first-order valence-corrected chi connectivity index (χ1v) is 16.0. The van der Waals surface area contributed by atoms with Crippen molar-refractivity contribution in [1.82, 2.24) is 4.57 Å². The molecule has 4 aromatic rings. The minimum Gasteiger partial charge on any atom is -0.493 e. The monoisotopic (exact) mass is 723 g/mol. The van der Waals surface area contributed by atoms with Gasteiger partial charge in [0.1, 0.15) is 6.61 Å². The molecule has 1 aromatic heterocycles. The lowest BCUT2D eigenvalue weighted by molar-refractivity contribution is -0.384. The molecular weight excluding hydrogens is 694 g/mol. The Morgan fingerprint density at radius 2 is 1.74 bits per heavy atom. The fraction of sp³-hybridized carbons (Fsp3) is 0.242. The number of esters is 1. The van der Waals surface area contributed by atoms with Gasteiger partial charge in [0.15, 0.2) is 27.8 Å². The molecule has 0 unspecified atom stereocenters. The van der Waals surface area contributed by atoms with Crippen molar-refractivity contribution < 1.29 is 33.4 Å². The summed E-state index contributed by atoms with van der Waals surface area (Å²) >= 11 is 4.72. The minimum atomic E-state index is -0.827. The van der Waals surface area contributed by atoms with E-state index in [9.17, 15) is 19.7 Å². The molecule has 47 heavy (non-hydrogen) atoms. The first kappa shape index (κ1) is 33.4. The predicted octanol–water partition coefficient (Wildman–Crippen LogP) is 5.07. The molecule has 1 aliphatic heterocycles. The average molecular weight is 725 g/mol. The number of carbonyl (C=O) groups excluding carboxylic acids is 1. The van der Waals surface area contributed by atoms with Crippen molar-refractivity contribution in [2.45, 2.75) is 26.5 Å². The fourth-order valence-corrected chi connectivity index (χ4v) is 6.51. The number of ether oxygens (including phenoxy) is 5. The van der Waals surface area contributed by atoms with Gasteiger partial charge in [-0.1, -0.05) is 17.4 Å². The molecule has 1 aliphatic rings. The van der Waals surface area contributed by atoms with Crippen molar-refractivity contribution in [2.24, 2.45) is 4.99 Å². The fourth-order valence-electron chi connectivity index (χ4n) is 4.97. The zero-order valence-corrected chi connectivity index (χ0v) is 28.3. The highest BCUT2D eigenvalue weighted by Gasteiger charge is 2.31. The van der Waals surface area contributed by atoms with Crippen LogP contribution in [0.2, 0.25) is 0 Å². The smallest absolute Gasteiger partial charge is 0.337 e. The van der Waals surface area contributed by atoms with Gasteiger partial charge in [0.05, 0.1) is 53.0 Å². The summed E-state index contributed by atoms with van der Waals surface area (Å²) < 4.78 is 30.6. The maximum atomic E-state index is 14.0. The number of thiazole rings is 1. The van der Waals surface area contributed by atoms with Crippen molar-refractivity contribution >= 4 is 45.0 Å². The SMILES string of the molecule is CCOc1ccc([C@H]2C(C(=O)OC)=CN=c3s/c(=C\c4cc(Br)c(OCc5ccc([N+](=O)[O-])cc5)c(OC)c4)c(=O)n32)cc1OCC. The molecule has 0 aliphatic carbocycles. The van der Waals surface area contributed by atoms with Gasteiger partial charge in [0, 0.05) is 18.3 Å². The number of fused-ring (bicyclic) bond motifs is 1. The minimum absolute atomic E-state index is 0.00951. The molecule has 0 saturated heterocycles. The van der Waals surface area contributed by atoms with E-state index in [1.807, 2.05) is 13.8 Å². The zero-order chi connectivity index (χ0) is 33.7. The van der Waals surface area contributed by atoms with E-state index in [1.54, 1.807) is 48.5 Å². The van der Waals surface area contributed by atoms with E-state index in [1.165, 1.54) is 48.5 Å². The third-order valence-corrected chi connectivity index (χ3v) is 8.67. The molecule has 1 atom stereocenters. The Bertz CT molecular complexity index is 2040. The van der Waals surface area contributed by atoms with E-state index in [0.717, 1.165) is 5.56 Å². The molecule has 5 rings (SSSR count). The molecule has 244 valence electrons. The molecular formula is C33H30BrN3O9S.